The van der Waals surface area contributed by atoms with Crippen molar-refractivity contribution in [3.8, 4) is 11.5 Å². The van der Waals surface area contributed by atoms with Gasteiger partial charge in [-0.3, -0.25) is 9.59 Å². The Labute approximate surface area is 197 Å². The van der Waals surface area contributed by atoms with Gasteiger partial charge in [0.1, 0.15) is 0 Å². The minimum Gasteiger partial charge on any atom is -0.422 e. The van der Waals surface area contributed by atoms with E-state index in [-0.39, 0.29) is 11.9 Å². The Bertz CT molecular complexity index is 630. The number of carbonyl (C=O) groups is 2. The minimum absolute atomic E-state index is 0.281. The lowest BCUT2D eigenvalue weighted by atomic mass is 10.1. The summed E-state index contributed by atoms with van der Waals surface area (Å²) in [4.78, 5) is 24.5. The summed E-state index contributed by atoms with van der Waals surface area (Å²) in [6.07, 6.45) is 16.8. The predicted molar refractivity (Wildman–Crippen MR) is 131 cm³/mol. The Kier molecular flexibility index (Phi) is 16.3. The third kappa shape index (κ3) is 13.6. The summed E-state index contributed by atoms with van der Waals surface area (Å²) in [5.74, 6) is 0.0273. The van der Waals surface area contributed by atoms with Crippen molar-refractivity contribution in [3.63, 3.8) is 0 Å². The molecule has 5 heteroatoms. The van der Waals surface area contributed by atoms with Crippen LogP contribution in [0.5, 0.6) is 11.5 Å². The Hall–Kier alpha value is -1.36. The van der Waals surface area contributed by atoms with E-state index in [4.69, 9.17) is 9.47 Å². The van der Waals surface area contributed by atoms with E-state index < -0.39 is 0 Å². The molecule has 0 aliphatic carbocycles. The molecule has 0 unspecified atom stereocenters. The summed E-state index contributed by atoms with van der Waals surface area (Å²) in [6, 6.07) is 5.22. The molecule has 0 aliphatic rings. The monoisotopic (exact) mass is 496 g/mol. The van der Waals surface area contributed by atoms with Gasteiger partial charge in [-0.2, -0.15) is 0 Å². The number of benzene rings is 1. The Morgan fingerprint density at radius 2 is 1.13 bits per heavy atom. The summed E-state index contributed by atoms with van der Waals surface area (Å²) in [5, 5.41) is 0. The number of rotatable bonds is 18. The molecule has 0 aliphatic heterocycles. The summed E-state index contributed by atoms with van der Waals surface area (Å²) in [7, 11) is 0. The number of halogens is 1. The second-order valence-electron chi connectivity index (χ2n) is 8.26. The van der Waals surface area contributed by atoms with Crippen molar-refractivity contribution in [1.29, 1.82) is 0 Å². The molecule has 0 amide bonds. The molecule has 1 rings (SSSR count). The molecule has 0 radical (unpaired) electrons. The van der Waals surface area contributed by atoms with Gasteiger partial charge in [0, 0.05) is 12.8 Å². The number of hydrogen-bond acceptors (Lipinski definition) is 4. The zero-order valence-electron chi connectivity index (χ0n) is 19.6. The largest absolute Gasteiger partial charge is 0.422 e. The highest BCUT2D eigenvalue weighted by Crippen LogP contribution is 2.36. The molecule has 4 nitrogen and oxygen atoms in total. The highest BCUT2D eigenvalue weighted by molar-refractivity contribution is 9.10. The molecule has 1 aromatic carbocycles. The van der Waals surface area contributed by atoms with Crippen molar-refractivity contribution in [2.45, 2.75) is 117 Å². The molecule has 0 saturated carbocycles. The zero-order chi connectivity index (χ0) is 22.7. The molecule has 31 heavy (non-hydrogen) atoms. The minimum atomic E-state index is -0.287. The van der Waals surface area contributed by atoms with Crippen molar-refractivity contribution in [2.24, 2.45) is 0 Å². The van der Waals surface area contributed by atoms with Gasteiger partial charge in [0.2, 0.25) is 0 Å². The Balaban J connectivity index is 2.37. The molecule has 176 valence electrons. The maximum absolute atomic E-state index is 12.3. The molecular formula is C26H41BrO4. The molecule has 0 bridgehead atoms. The van der Waals surface area contributed by atoms with Crippen LogP contribution in [-0.4, -0.2) is 11.9 Å². The van der Waals surface area contributed by atoms with Gasteiger partial charge in [0.25, 0.3) is 0 Å². The lowest BCUT2D eigenvalue weighted by Gasteiger charge is -2.12. The first-order chi connectivity index (χ1) is 15.1. The van der Waals surface area contributed by atoms with Crippen LogP contribution >= 0.6 is 15.9 Å². The topological polar surface area (TPSA) is 52.6 Å². The van der Waals surface area contributed by atoms with E-state index >= 15 is 0 Å². The molecule has 0 spiro atoms. The average molecular weight is 498 g/mol. The summed E-state index contributed by atoms with van der Waals surface area (Å²) in [5.41, 5.74) is 0. The number of unbranched alkanes of at least 4 members (excludes halogenated alkanes) is 12. The van der Waals surface area contributed by atoms with Gasteiger partial charge >= 0.3 is 11.9 Å². The first-order valence-electron chi connectivity index (χ1n) is 12.3. The van der Waals surface area contributed by atoms with E-state index in [0.29, 0.717) is 28.8 Å². The second-order valence-corrected chi connectivity index (χ2v) is 9.11. The highest BCUT2D eigenvalue weighted by Gasteiger charge is 2.16. The number of carbonyl (C=O) groups excluding carboxylic acids is 2. The summed E-state index contributed by atoms with van der Waals surface area (Å²) in [6.45, 7) is 4.41. The van der Waals surface area contributed by atoms with Crippen LogP contribution in [0.15, 0.2) is 22.7 Å². The number of esters is 2. The van der Waals surface area contributed by atoms with E-state index in [9.17, 15) is 9.59 Å². The van der Waals surface area contributed by atoms with Crippen molar-refractivity contribution < 1.29 is 19.1 Å². The van der Waals surface area contributed by atoms with Gasteiger partial charge in [-0.25, -0.2) is 0 Å². The van der Waals surface area contributed by atoms with Gasteiger partial charge < -0.3 is 9.47 Å². The van der Waals surface area contributed by atoms with E-state index in [2.05, 4.69) is 29.8 Å². The van der Waals surface area contributed by atoms with Crippen molar-refractivity contribution >= 4 is 27.9 Å². The number of ether oxygens (including phenoxy) is 2. The second kappa shape index (κ2) is 18.2. The molecular weight excluding hydrogens is 456 g/mol. The van der Waals surface area contributed by atoms with Crippen LogP contribution in [0.25, 0.3) is 0 Å². The van der Waals surface area contributed by atoms with Gasteiger partial charge in [-0.15, -0.1) is 0 Å². The molecule has 1 aromatic rings. The van der Waals surface area contributed by atoms with Gasteiger partial charge in [0.15, 0.2) is 11.5 Å². The van der Waals surface area contributed by atoms with Gasteiger partial charge in [-0.1, -0.05) is 97.0 Å². The number of para-hydroxylation sites is 1. The maximum atomic E-state index is 12.3. The van der Waals surface area contributed by atoms with Crippen LogP contribution in [0, 0.1) is 0 Å². The molecule has 0 N–H and O–H groups in total. The standard InChI is InChI=1S/C26H41BrO4/c1-3-5-7-9-11-13-15-20-24(28)30-23-19-17-18-22(27)26(23)31-25(29)21-16-14-12-10-8-6-4-2/h17-19H,3-16,20-21H2,1-2H3. The predicted octanol–water partition coefficient (Wildman–Crippen LogP) is 8.54. The Morgan fingerprint density at radius 1 is 0.677 bits per heavy atom. The quantitative estimate of drug-likeness (QED) is 0.116. The average Bonchev–Trinajstić information content (AvgIpc) is 2.75. The summed E-state index contributed by atoms with van der Waals surface area (Å²) < 4.78 is 11.7. The Morgan fingerprint density at radius 3 is 1.65 bits per heavy atom. The smallest absolute Gasteiger partial charge is 0.311 e. The first kappa shape index (κ1) is 27.7. The van der Waals surface area contributed by atoms with Gasteiger partial charge in [-0.05, 0) is 40.9 Å². The number of hydrogen-bond donors (Lipinski definition) is 0. The highest BCUT2D eigenvalue weighted by atomic mass is 79.9. The lowest BCUT2D eigenvalue weighted by molar-refractivity contribution is -0.137. The van der Waals surface area contributed by atoms with Crippen LogP contribution in [0.1, 0.15) is 117 Å². The van der Waals surface area contributed by atoms with Crippen LogP contribution in [0.4, 0.5) is 0 Å². The summed E-state index contributed by atoms with van der Waals surface area (Å²) >= 11 is 3.41. The first-order valence-corrected chi connectivity index (χ1v) is 13.1. The van der Waals surface area contributed by atoms with Crippen LogP contribution < -0.4 is 9.47 Å². The van der Waals surface area contributed by atoms with E-state index in [1.165, 1.54) is 51.4 Å². The normalized spacial score (nSPS) is 10.8. The SMILES string of the molecule is CCCCCCCCCC(=O)Oc1cccc(Br)c1OC(=O)CCCCCCCCC. The van der Waals surface area contributed by atoms with E-state index in [0.717, 1.165) is 38.5 Å². The van der Waals surface area contributed by atoms with Crippen molar-refractivity contribution in [3.05, 3.63) is 22.7 Å². The van der Waals surface area contributed by atoms with Crippen LogP contribution in [0.3, 0.4) is 0 Å². The molecule has 0 saturated heterocycles. The van der Waals surface area contributed by atoms with Crippen molar-refractivity contribution in [1.82, 2.24) is 0 Å². The third-order valence-electron chi connectivity index (χ3n) is 5.34. The van der Waals surface area contributed by atoms with E-state index in [1.807, 2.05) is 0 Å². The third-order valence-corrected chi connectivity index (χ3v) is 5.96. The fourth-order valence-electron chi connectivity index (χ4n) is 3.46. The van der Waals surface area contributed by atoms with Crippen molar-refractivity contribution in [2.75, 3.05) is 0 Å². The van der Waals surface area contributed by atoms with Crippen LogP contribution in [0.2, 0.25) is 0 Å². The molecule has 0 heterocycles. The zero-order valence-corrected chi connectivity index (χ0v) is 21.1. The molecule has 0 aromatic heterocycles. The van der Waals surface area contributed by atoms with E-state index in [1.54, 1.807) is 18.2 Å². The lowest BCUT2D eigenvalue weighted by Crippen LogP contribution is -2.12. The van der Waals surface area contributed by atoms with Gasteiger partial charge in [0.05, 0.1) is 4.47 Å². The fourth-order valence-corrected chi connectivity index (χ4v) is 3.89. The maximum Gasteiger partial charge on any atom is 0.311 e. The molecule has 0 atom stereocenters. The fraction of sp³-hybridized carbons (Fsp3) is 0.692. The molecule has 0 fully saturated rings. The van der Waals surface area contributed by atoms with Crippen LogP contribution in [-0.2, 0) is 9.59 Å².